The number of carbonyl (C=O) groups is 1. The van der Waals surface area contributed by atoms with Crippen LogP contribution in [-0.4, -0.2) is 44.8 Å². The molecule has 1 atom stereocenters. The molecule has 1 aliphatic heterocycles. The van der Waals surface area contributed by atoms with Crippen LogP contribution in [0, 0.1) is 17.1 Å². The largest absolute Gasteiger partial charge is 0.472 e. The minimum absolute atomic E-state index is 0.141. The molecule has 0 bridgehead atoms. The number of amides is 1. The summed E-state index contributed by atoms with van der Waals surface area (Å²) in [7, 11) is 1.71. The fourth-order valence-electron chi connectivity index (χ4n) is 3.31. The molecule has 0 N–H and O–H groups in total. The molecule has 4 rings (SSSR count). The van der Waals surface area contributed by atoms with E-state index < -0.39 is 0 Å². The number of hydrogen-bond acceptors (Lipinski definition) is 5. The van der Waals surface area contributed by atoms with Crippen LogP contribution in [0.25, 0.3) is 11.3 Å². The van der Waals surface area contributed by atoms with E-state index >= 15 is 0 Å². The molecule has 3 heterocycles. The molecular formula is C21H18FN5O2. The van der Waals surface area contributed by atoms with Crippen molar-refractivity contribution in [3.05, 3.63) is 65.7 Å². The zero-order valence-electron chi connectivity index (χ0n) is 15.7. The standard InChI is InChI=1S/C21H18FN5O2/c1-26-19(11-18(25-26)15-2-4-16(22)5-3-15)21(28)27-9-7-17(13-27)29-20-10-14(12-23)6-8-24-20/h2-6,8,10-11,17H,7,9,13H2,1H3. The maximum absolute atomic E-state index is 13.1. The van der Waals surface area contributed by atoms with Crippen molar-refractivity contribution < 1.29 is 13.9 Å². The normalized spacial score (nSPS) is 15.9. The molecule has 1 saturated heterocycles. The molecule has 7 nitrogen and oxygen atoms in total. The molecule has 0 aliphatic carbocycles. The van der Waals surface area contributed by atoms with Gasteiger partial charge in [0.15, 0.2) is 0 Å². The lowest BCUT2D eigenvalue weighted by atomic mass is 10.1. The predicted octanol–water partition coefficient (Wildman–Crippen LogP) is 2.79. The van der Waals surface area contributed by atoms with Crippen molar-refractivity contribution in [2.24, 2.45) is 7.05 Å². The average molecular weight is 391 g/mol. The maximum atomic E-state index is 13.1. The number of aryl methyl sites for hydroxylation is 1. The summed E-state index contributed by atoms with van der Waals surface area (Å²) in [5, 5.41) is 13.4. The van der Waals surface area contributed by atoms with Gasteiger partial charge in [-0.05, 0) is 36.4 Å². The summed E-state index contributed by atoms with van der Waals surface area (Å²) in [6.07, 6.45) is 2.01. The van der Waals surface area contributed by atoms with Gasteiger partial charge in [-0.25, -0.2) is 9.37 Å². The van der Waals surface area contributed by atoms with Gasteiger partial charge in [0.25, 0.3) is 5.91 Å². The molecule has 0 saturated carbocycles. The molecule has 0 radical (unpaired) electrons. The first-order valence-electron chi connectivity index (χ1n) is 9.15. The summed E-state index contributed by atoms with van der Waals surface area (Å²) < 4.78 is 20.5. The number of nitriles is 1. The van der Waals surface area contributed by atoms with Crippen molar-refractivity contribution in [3.63, 3.8) is 0 Å². The van der Waals surface area contributed by atoms with Crippen molar-refractivity contribution in [1.82, 2.24) is 19.7 Å². The number of nitrogens with zero attached hydrogens (tertiary/aromatic N) is 5. The highest BCUT2D eigenvalue weighted by molar-refractivity contribution is 5.94. The third-order valence-electron chi connectivity index (χ3n) is 4.82. The second-order valence-corrected chi connectivity index (χ2v) is 6.82. The van der Waals surface area contributed by atoms with Crippen LogP contribution in [-0.2, 0) is 7.05 Å². The Balaban J connectivity index is 1.45. The van der Waals surface area contributed by atoms with Crippen LogP contribution >= 0.6 is 0 Å². The molecular weight excluding hydrogens is 373 g/mol. The van der Waals surface area contributed by atoms with Crippen molar-refractivity contribution in [1.29, 1.82) is 5.26 Å². The van der Waals surface area contributed by atoms with Crippen molar-refractivity contribution >= 4 is 5.91 Å². The predicted molar refractivity (Wildman–Crippen MR) is 102 cm³/mol. The van der Waals surface area contributed by atoms with Crippen LogP contribution in [0.15, 0.2) is 48.7 Å². The molecule has 2 aromatic heterocycles. The molecule has 0 spiro atoms. The van der Waals surface area contributed by atoms with Gasteiger partial charge in [-0.2, -0.15) is 10.4 Å². The lowest BCUT2D eigenvalue weighted by Crippen LogP contribution is -2.32. The summed E-state index contributed by atoms with van der Waals surface area (Å²) in [5.41, 5.74) is 2.28. The molecule has 1 aromatic carbocycles. The first-order chi connectivity index (χ1) is 14.0. The fraction of sp³-hybridized carbons (Fsp3) is 0.238. The first kappa shape index (κ1) is 18.6. The Hall–Kier alpha value is -3.73. The first-order valence-corrected chi connectivity index (χ1v) is 9.15. The number of aromatic nitrogens is 3. The van der Waals surface area contributed by atoms with E-state index in [4.69, 9.17) is 10.00 Å². The van der Waals surface area contributed by atoms with Crippen LogP contribution in [0.4, 0.5) is 4.39 Å². The van der Waals surface area contributed by atoms with Crippen LogP contribution in [0.1, 0.15) is 22.5 Å². The Labute approximate surface area is 167 Å². The van der Waals surface area contributed by atoms with Gasteiger partial charge < -0.3 is 9.64 Å². The molecule has 3 aromatic rings. The zero-order chi connectivity index (χ0) is 20.4. The van der Waals surface area contributed by atoms with Crippen LogP contribution in [0.3, 0.4) is 0 Å². The fourth-order valence-corrected chi connectivity index (χ4v) is 3.31. The van der Waals surface area contributed by atoms with Gasteiger partial charge in [-0.3, -0.25) is 9.48 Å². The van der Waals surface area contributed by atoms with Gasteiger partial charge >= 0.3 is 0 Å². The van der Waals surface area contributed by atoms with E-state index in [-0.39, 0.29) is 17.8 Å². The Bertz CT molecular complexity index is 1090. The number of carbonyl (C=O) groups excluding carboxylic acids is 1. The lowest BCUT2D eigenvalue weighted by molar-refractivity contribution is 0.0760. The topological polar surface area (TPSA) is 84.0 Å². The number of likely N-dealkylation sites (tertiary alicyclic amines) is 1. The highest BCUT2D eigenvalue weighted by Gasteiger charge is 2.30. The summed E-state index contributed by atoms with van der Waals surface area (Å²) in [4.78, 5) is 18.8. The molecule has 1 unspecified atom stereocenters. The Morgan fingerprint density at radius 3 is 2.83 bits per heavy atom. The van der Waals surface area contributed by atoms with Crippen molar-refractivity contribution in [3.8, 4) is 23.2 Å². The summed E-state index contributed by atoms with van der Waals surface area (Å²) in [6, 6.07) is 12.9. The van der Waals surface area contributed by atoms with Gasteiger partial charge in [0.05, 0.1) is 23.9 Å². The Morgan fingerprint density at radius 1 is 1.28 bits per heavy atom. The minimum atomic E-state index is -0.320. The van der Waals surface area contributed by atoms with E-state index in [2.05, 4.69) is 16.2 Å². The van der Waals surface area contributed by atoms with Crippen LogP contribution < -0.4 is 4.74 Å². The zero-order valence-corrected chi connectivity index (χ0v) is 15.7. The van der Waals surface area contributed by atoms with E-state index in [1.165, 1.54) is 23.0 Å². The molecule has 29 heavy (non-hydrogen) atoms. The molecule has 146 valence electrons. The van der Waals surface area contributed by atoms with E-state index in [9.17, 15) is 9.18 Å². The number of benzene rings is 1. The number of pyridine rings is 1. The van der Waals surface area contributed by atoms with Gasteiger partial charge in [0, 0.05) is 37.8 Å². The van der Waals surface area contributed by atoms with Gasteiger partial charge in [0.1, 0.15) is 17.6 Å². The van der Waals surface area contributed by atoms with E-state index in [0.717, 1.165) is 5.56 Å². The van der Waals surface area contributed by atoms with Crippen molar-refractivity contribution in [2.45, 2.75) is 12.5 Å². The minimum Gasteiger partial charge on any atom is -0.472 e. The monoisotopic (exact) mass is 391 g/mol. The van der Waals surface area contributed by atoms with E-state index in [1.807, 2.05) is 0 Å². The molecule has 1 fully saturated rings. The van der Waals surface area contributed by atoms with Crippen LogP contribution in [0.5, 0.6) is 5.88 Å². The van der Waals surface area contributed by atoms with E-state index in [1.54, 1.807) is 42.3 Å². The summed E-state index contributed by atoms with van der Waals surface area (Å²) in [5.74, 6) is -0.0837. The van der Waals surface area contributed by atoms with Gasteiger partial charge in [-0.1, -0.05) is 0 Å². The van der Waals surface area contributed by atoms with Gasteiger partial charge in [0.2, 0.25) is 5.88 Å². The highest BCUT2D eigenvalue weighted by Crippen LogP contribution is 2.23. The van der Waals surface area contributed by atoms with Crippen LogP contribution in [0.2, 0.25) is 0 Å². The van der Waals surface area contributed by atoms with E-state index in [0.29, 0.717) is 42.3 Å². The molecule has 1 amide bonds. The third-order valence-corrected chi connectivity index (χ3v) is 4.82. The molecule has 8 heteroatoms. The number of hydrogen-bond donors (Lipinski definition) is 0. The highest BCUT2D eigenvalue weighted by atomic mass is 19.1. The quantitative estimate of drug-likeness (QED) is 0.683. The third kappa shape index (κ3) is 3.94. The maximum Gasteiger partial charge on any atom is 0.272 e. The Morgan fingerprint density at radius 2 is 2.07 bits per heavy atom. The average Bonchev–Trinajstić information content (AvgIpc) is 3.35. The van der Waals surface area contributed by atoms with Gasteiger partial charge in [-0.15, -0.1) is 0 Å². The number of halogens is 1. The Kier molecular flexibility index (Phi) is 4.96. The SMILES string of the molecule is Cn1nc(-c2ccc(F)cc2)cc1C(=O)N1CCC(Oc2cc(C#N)ccn2)C1. The smallest absolute Gasteiger partial charge is 0.272 e. The second-order valence-electron chi connectivity index (χ2n) is 6.82. The number of ether oxygens (including phenoxy) is 1. The molecule has 1 aliphatic rings. The lowest BCUT2D eigenvalue weighted by Gasteiger charge is -2.17. The number of rotatable bonds is 4. The summed E-state index contributed by atoms with van der Waals surface area (Å²) >= 11 is 0. The second kappa shape index (κ2) is 7.72. The summed E-state index contributed by atoms with van der Waals surface area (Å²) in [6.45, 7) is 0.979. The van der Waals surface area contributed by atoms with Crippen molar-refractivity contribution in [2.75, 3.05) is 13.1 Å².